The SMILES string of the molecule is COc1ccc(CNCCSC)cn1. The second kappa shape index (κ2) is 6.68. The first kappa shape index (κ1) is 11.3. The van der Waals surface area contributed by atoms with Crippen molar-refractivity contribution < 1.29 is 4.74 Å². The van der Waals surface area contributed by atoms with Gasteiger partial charge in [-0.15, -0.1) is 0 Å². The van der Waals surface area contributed by atoms with Gasteiger partial charge in [-0.1, -0.05) is 6.07 Å². The first-order valence-corrected chi connectivity index (χ1v) is 5.94. The number of methoxy groups -OCH3 is 1. The quantitative estimate of drug-likeness (QED) is 0.725. The molecule has 1 aromatic rings. The second-order valence-electron chi connectivity index (χ2n) is 2.88. The van der Waals surface area contributed by atoms with E-state index < -0.39 is 0 Å². The molecule has 1 heterocycles. The summed E-state index contributed by atoms with van der Waals surface area (Å²) in [6.45, 7) is 1.91. The van der Waals surface area contributed by atoms with Crippen molar-refractivity contribution in [1.82, 2.24) is 10.3 Å². The highest BCUT2D eigenvalue weighted by Crippen LogP contribution is 2.05. The molecule has 0 spiro atoms. The Morgan fingerprint density at radius 1 is 1.50 bits per heavy atom. The van der Waals surface area contributed by atoms with Crippen molar-refractivity contribution in [3.05, 3.63) is 23.9 Å². The van der Waals surface area contributed by atoms with E-state index >= 15 is 0 Å². The highest BCUT2D eigenvalue weighted by Gasteiger charge is 1.94. The first-order chi connectivity index (χ1) is 6.86. The van der Waals surface area contributed by atoms with Crippen LogP contribution in [0.15, 0.2) is 18.3 Å². The molecule has 0 aliphatic heterocycles. The molecular weight excluding hydrogens is 196 g/mol. The lowest BCUT2D eigenvalue weighted by Gasteiger charge is -2.04. The maximum Gasteiger partial charge on any atom is 0.212 e. The van der Waals surface area contributed by atoms with E-state index in [1.807, 2.05) is 30.1 Å². The molecule has 1 aromatic heterocycles. The van der Waals surface area contributed by atoms with Crippen LogP contribution in [0.4, 0.5) is 0 Å². The van der Waals surface area contributed by atoms with Gasteiger partial charge in [0.15, 0.2) is 0 Å². The molecular formula is C10H16N2OS. The summed E-state index contributed by atoms with van der Waals surface area (Å²) < 4.78 is 4.98. The molecule has 0 saturated heterocycles. The van der Waals surface area contributed by atoms with E-state index in [2.05, 4.69) is 16.6 Å². The van der Waals surface area contributed by atoms with Crippen molar-refractivity contribution in [2.45, 2.75) is 6.54 Å². The highest BCUT2D eigenvalue weighted by molar-refractivity contribution is 7.98. The summed E-state index contributed by atoms with van der Waals surface area (Å²) in [6.07, 6.45) is 3.95. The van der Waals surface area contributed by atoms with Crippen molar-refractivity contribution >= 4 is 11.8 Å². The summed E-state index contributed by atoms with van der Waals surface area (Å²) in [5, 5.41) is 3.34. The Hall–Kier alpha value is -0.740. The Kier molecular flexibility index (Phi) is 5.40. The number of pyridine rings is 1. The zero-order valence-electron chi connectivity index (χ0n) is 8.62. The topological polar surface area (TPSA) is 34.1 Å². The maximum absolute atomic E-state index is 4.98. The Morgan fingerprint density at radius 2 is 2.36 bits per heavy atom. The van der Waals surface area contributed by atoms with E-state index in [9.17, 15) is 0 Å². The molecule has 0 atom stereocenters. The number of ether oxygens (including phenoxy) is 1. The van der Waals surface area contributed by atoms with Crippen molar-refractivity contribution in [1.29, 1.82) is 0 Å². The minimum Gasteiger partial charge on any atom is -0.481 e. The number of rotatable bonds is 6. The Bertz CT molecular complexity index is 251. The highest BCUT2D eigenvalue weighted by atomic mass is 32.2. The maximum atomic E-state index is 4.98. The van der Waals surface area contributed by atoms with Crippen LogP contribution in [0.1, 0.15) is 5.56 Å². The summed E-state index contributed by atoms with van der Waals surface area (Å²) in [5.41, 5.74) is 1.19. The van der Waals surface area contributed by atoms with Crippen LogP contribution in [-0.2, 0) is 6.54 Å². The third-order valence-electron chi connectivity index (χ3n) is 1.82. The molecule has 0 fully saturated rings. The third kappa shape index (κ3) is 3.98. The van der Waals surface area contributed by atoms with Gasteiger partial charge in [0, 0.05) is 31.1 Å². The molecule has 0 amide bonds. The van der Waals surface area contributed by atoms with Gasteiger partial charge in [0.2, 0.25) is 5.88 Å². The molecule has 14 heavy (non-hydrogen) atoms. The number of nitrogens with zero attached hydrogens (tertiary/aromatic N) is 1. The molecule has 0 aromatic carbocycles. The molecule has 0 aliphatic rings. The Balaban J connectivity index is 2.29. The standard InChI is InChI=1S/C10H16N2OS/c1-13-10-4-3-9(8-12-10)7-11-5-6-14-2/h3-4,8,11H,5-7H2,1-2H3. The van der Waals surface area contributed by atoms with Gasteiger partial charge in [0.05, 0.1) is 7.11 Å². The van der Waals surface area contributed by atoms with E-state index in [1.54, 1.807) is 7.11 Å². The van der Waals surface area contributed by atoms with Crippen LogP contribution in [0.5, 0.6) is 5.88 Å². The lowest BCUT2D eigenvalue weighted by Crippen LogP contribution is -2.16. The fourth-order valence-electron chi connectivity index (χ4n) is 1.04. The Morgan fingerprint density at radius 3 is 2.93 bits per heavy atom. The molecule has 0 aliphatic carbocycles. The van der Waals surface area contributed by atoms with Gasteiger partial charge >= 0.3 is 0 Å². The normalized spacial score (nSPS) is 10.1. The molecule has 3 nitrogen and oxygen atoms in total. The molecule has 0 saturated carbocycles. The molecule has 0 unspecified atom stereocenters. The minimum atomic E-state index is 0.665. The lowest BCUT2D eigenvalue weighted by molar-refractivity contribution is 0.397. The van der Waals surface area contributed by atoms with Crippen LogP contribution in [-0.4, -0.2) is 30.6 Å². The number of aromatic nitrogens is 1. The summed E-state index contributed by atoms with van der Waals surface area (Å²) in [5.74, 6) is 1.81. The van der Waals surface area contributed by atoms with Crippen molar-refractivity contribution in [2.24, 2.45) is 0 Å². The van der Waals surface area contributed by atoms with E-state index in [4.69, 9.17) is 4.74 Å². The van der Waals surface area contributed by atoms with Crippen molar-refractivity contribution in [2.75, 3.05) is 25.7 Å². The molecule has 0 radical (unpaired) electrons. The second-order valence-corrected chi connectivity index (χ2v) is 3.86. The predicted octanol–water partition coefficient (Wildman–Crippen LogP) is 1.54. The minimum absolute atomic E-state index is 0.665. The van der Waals surface area contributed by atoms with Crippen molar-refractivity contribution in [3.63, 3.8) is 0 Å². The summed E-state index contributed by atoms with van der Waals surface area (Å²) >= 11 is 1.84. The zero-order chi connectivity index (χ0) is 10.2. The average molecular weight is 212 g/mol. The van der Waals surface area contributed by atoms with Gasteiger partial charge in [-0.3, -0.25) is 0 Å². The van der Waals surface area contributed by atoms with Gasteiger partial charge in [-0.25, -0.2) is 4.98 Å². The smallest absolute Gasteiger partial charge is 0.212 e. The largest absolute Gasteiger partial charge is 0.481 e. The predicted molar refractivity (Wildman–Crippen MR) is 60.9 cm³/mol. The zero-order valence-corrected chi connectivity index (χ0v) is 9.43. The number of hydrogen-bond donors (Lipinski definition) is 1. The monoisotopic (exact) mass is 212 g/mol. The van der Waals surface area contributed by atoms with Crippen molar-refractivity contribution in [3.8, 4) is 5.88 Å². The molecule has 1 rings (SSSR count). The Labute approximate surface area is 89.3 Å². The number of thioether (sulfide) groups is 1. The van der Waals surface area contributed by atoms with Crippen LogP contribution >= 0.6 is 11.8 Å². The van der Waals surface area contributed by atoms with Gasteiger partial charge in [0.1, 0.15) is 0 Å². The van der Waals surface area contributed by atoms with E-state index in [0.29, 0.717) is 5.88 Å². The first-order valence-electron chi connectivity index (χ1n) is 4.55. The van der Waals surface area contributed by atoms with E-state index in [0.717, 1.165) is 18.8 Å². The summed E-state index contributed by atoms with van der Waals surface area (Å²) in [6, 6.07) is 3.91. The molecule has 78 valence electrons. The van der Waals surface area contributed by atoms with E-state index in [-0.39, 0.29) is 0 Å². The van der Waals surface area contributed by atoms with E-state index in [1.165, 1.54) is 5.56 Å². The van der Waals surface area contributed by atoms with Gasteiger partial charge < -0.3 is 10.1 Å². The number of hydrogen-bond acceptors (Lipinski definition) is 4. The molecule has 4 heteroatoms. The average Bonchev–Trinajstić information content (AvgIpc) is 2.25. The van der Waals surface area contributed by atoms with Gasteiger partial charge in [-0.05, 0) is 11.8 Å². The fourth-order valence-corrected chi connectivity index (χ4v) is 1.39. The summed E-state index contributed by atoms with van der Waals surface area (Å²) in [4.78, 5) is 4.13. The van der Waals surface area contributed by atoms with Crippen LogP contribution in [0.25, 0.3) is 0 Å². The summed E-state index contributed by atoms with van der Waals surface area (Å²) in [7, 11) is 1.62. The molecule has 0 bridgehead atoms. The van der Waals surface area contributed by atoms with Crippen LogP contribution in [0, 0.1) is 0 Å². The lowest BCUT2D eigenvalue weighted by atomic mass is 10.3. The van der Waals surface area contributed by atoms with Gasteiger partial charge in [-0.2, -0.15) is 11.8 Å². The molecule has 1 N–H and O–H groups in total. The van der Waals surface area contributed by atoms with Crippen LogP contribution < -0.4 is 10.1 Å². The van der Waals surface area contributed by atoms with Crippen LogP contribution in [0.2, 0.25) is 0 Å². The van der Waals surface area contributed by atoms with Gasteiger partial charge in [0.25, 0.3) is 0 Å². The van der Waals surface area contributed by atoms with Crippen LogP contribution in [0.3, 0.4) is 0 Å². The third-order valence-corrected chi connectivity index (χ3v) is 2.43. The fraction of sp³-hybridized carbons (Fsp3) is 0.500. The number of nitrogens with one attached hydrogen (secondary N) is 1.